The average Bonchev–Trinajstić information content (AvgIpc) is 2.85. The fraction of sp³-hybridized carbons (Fsp3) is 0.267. The molecule has 0 saturated carbocycles. The lowest BCUT2D eigenvalue weighted by Crippen LogP contribution is -2.06. The molecule has 7 heteroatoms. The summed E-state index contributed by atoms with van der Waals surface area (Å²) in [5, 5.41) is 17.0. The van der Waals surface area contributed by atoms with E-state index >= 15 is 0 Å². The van der Waals surface area contributed by atoms with Crippen molar-refractivity contribution in [1.82, 2.24) is 10.2 Å². The maximum atomic E-state index is 11.4. The summed E-state index contributed by atoms with van der Waals surface area (Å²) < 4.78 is 10.9. The summed E-state index contributed by atoms with van der Waals surface area (Å²) in [4.78, 5) is 11.5. The molecule has 0 atom stereocenters. The molecule has 116 valence electrons. The van der Waals surface area contributed by atoms with E-state index in [2.05, 4.69) is 10.2 Å². The van der Waals surface area contributed by atoms with Gasteiger partial charge in [-0.3, -0.25) is 0 Å². The second-order valence-corrected chi connectivity index (χ2v) is 5.70. The van der Waals surface area contributed by atoms with Gasteiger partial charge >= 0.3 is 5.97 Å². The minimum absolute atomic E-state index is 0.00549. The highest BCUT2D eigenvalue weighted by Gasteiger charge is 2.15. The SMILES string of the molecule is Cc1nnc(S/C(=C\c2ccccc2OC(C)C)C(=O)O)o1. The van der Waals surface area contributed by atoms with E-state index in [1.54, 1.807) is 19.1 Å². The molecule has 2 rings (SSSR count). The molecular formula is C15H16N2O4S. The third-order valence-electron chi connectivity index (χ3n) is 2.48. The molecule has 0 bridgehead atoms. The lowest BCUT2D eigenvalue weighted by atomic mass is 10.2. The molecule has 0 spiro atoms. The number of nitrogens with zero attached hydrogens (tertiary/aromatic N) is 2. The Kier molecular flexibility index (Phi) is 5.21. The van der Waals surface area contributed by atoms with Crippen molar-refractivity contribution in [2.45, 2.75) is 32.1 Å². The van der Waals surface area contributed by atoms with Crippen LogP contribution in [0.5, 0.6) is 5.75 Å². The van der Waals surface area contributed by atoms with Crippen LogP contribution in [0.2, 0.25) is 0 Å². The number of aliphatic carboxylic acids is 1. The summed E-state index contributed by atoms with van der Waals surface area (Å²) in [6, 6.07) is 7.25. The molecule has 0 fully saturated rings. The van der Waals surface area contributed by atoms with Crippen molar-refractivity contribution < 1.29 is 19.1 Å². The second kappa shape index (κ2) is 7.13. The molecule has 0 unspecified atom stereocenters. The first-order valence-electron chi connectivity index (χ1n) is 6.64. The average molecular weight is 320 g/mol. The van der Waals surface area contributed by atoms with Crippen molar-refractivity contribution >= 4 is 23.8 Å². The van der Waals surface area contributed by atoms with Crippen LogP contribution in [0.15, 0.2) is 38.8 Å². The van der Waals surface area contributed by atoms with Crippen molar-refractivity contribution in [1.29, 1.82) is 0 Å². The van der Waals surface area contributed by atoms with Crippen LogP contribution in [0.1, 0.15) is 25.3 Å². The Morgan fingerprint density at radius 1 is 1.36 bits per heavy atom. The number of ether oxygens (including phenoxy) is 1. The highest BCUT2D eigenvalue weighted by molar-refractivity contribution is 8.03. The Balaban J connectivity index is 2.32. The van der Waals surface area contributed by atoms with Crippen molar-refractivity contribution in [3.63, 3.8) is 0 Å². The van der Waals surface area contributed by atoms with E-state index in [1.807, 2.05) is 26.0 Å². The smallest absolute Gasteiger partial charge is 0.342 e. The molecule has 2 aromatic rings. The van der Waals surface area contributed by atoms with Gasteiger partial charge in [-0.15, -0.1) is 10.2 Å². The van der Waals surface area contributed by atoms with Gasteiger partial charge in [0.25, 0.3) is 5.22 Å². The number of thioether (sulfide) groups is 1. The van der Waals surface area contributed by atoms with Crippen molar-refractivity contribution in [3.8, 4) is 5.75 Å². The van der Waals surface area contributed by atoms with Crippen LogP contribution in [0.25, 0.3) is 6.08 Å². The topological polar surface area (TPSA) is 85.5 Å². The van der Waals surface area contributed by atoms with E-state index in [0.29, 0.717) is 17.2 Å². The van der Waals surface area contributed by atoms with Gasteiger partial charge in [0.2, 0.25) is 5.89 Å². The van der Waals surface area contributed by atoms with E-state index in [9.17, 15) is 9.90 Å². The molecule has 0 amide bonds. The van der Waals surface area contributed by atoms with Crippen LogP contribution < -0.4 is 4.74 Å². The summed E-state index contributed by atoms with van der Waals surface area (Å²) >= 11 is 0.906. The summed E-state index contributed by atoms with van der Waals surface area (Å²) in [5.74, 6) is -0.0606. The number of rotatable bonds is 6. The number of hydrogen-bond donors (Lipinski definition) is 1. The predicted octanol–water partition coefficient (Wildman–Crippen LogP) is 3.38. The molecule has 22 heavy (non-hydrogen) atoms. The molecule has 1 heterocycles. The maximum absolute atomic E-state index is 11.4. The normalized spacial score (nSPS) is 11.7. The van der Waals surface area contributed by atoms with Gasteiger partial charge in [0.15, 0.2) is 0 Å². The molecule has 0 radical (unpaired) electrons. The van der Waals surface area contributed by atoms with E-state index in [4.69, 9.17) is 9.15 Å². The summed E-state index contributed by atoms with van der Waals surface area (Å²) in [7, 11) is 0. The highest BCUT2D eigenvalue weighted by Crippen LogP contribution is 2.30. The van der Waals surface area contributed by atoms with E-state index in [0.717, 1.165) is 11.8 Å². The Morgan fingerprint density at radius 3 is 2.68 bits per heavy atom. The molecule has 0 aliphatic heterocycles. The Labute approximate surface area is 132 Å². The van der Waals surface area contributed by atoms with Crippen molar-refractivity contribution in [2.75, 3.05) is 0 Å². The quantitative estimate of drug-likeness (QED) is 0.645. The second-order valence-electron chi connectivity index (χ2n) is 4.71. The number of benzene rings is 1. The van der Waals surface area contributed by atoms with Gasteiger partial charge in [0.05, 0.1) is 6.10 Å². The maximum Gasteiger partial charge on any atom is 0.342 e. The van der Waals surface area contributed by atoms with Gasteiger partial charge in [-0.2, -0.15) is 0 Å². The summed E-state index contributed by atoms with van der Waals surface area (Å²) in [6.45, 7) is 5.47. The molecule has 1 N–H and O–H groups in total. The van der Waals surface area contributed by atoms with Crippen LogP contribution in [0.4, 0.5) is 0 Å². The number of aryl methyl sites for hydroxylation is 1. The van der Waals surface area contributed by atoms with E-state index < -0.39 is 5.97 Å². The summed E-state index contributed by atoms with van der Waals surface area (Å²) in [5.41, 5.74) is 0.678. The fourth-order valence-corrected chi connectivity index (χ4v) is 2.36. The first kappa shape index (κ1) is 16.1. The van der Waals surface area contributed by atoms with Gasteiger partial charge < -0.3 is 14.3 Å². The predicted molar refractivity (Wildman–Crippen MR) is 82.7 cm³/mol. The van der Waals surface area contributed by atoms with E-state index in [-0.39, 0.29) is 16.2 Å². The number of carboxylic acid groups (broad SMARTS) is 1. The van der Waals surface area contributed by atoms with Crippen LogP contribution >= 0.6 is 11.8 Å². The molecule has 1 aromatic heterocycles. The van der Waals surface area contributed by atoms with Crippen LogP contribution in [-0.4, -0.2) is 27.4 Å². The van der Waals surface area contributed by atoms with Crippen molar-refractivity contribution in [2.24, 2.45) is 0 Å². The standard InChI is InChI=1S/C15H16N2O4S/c1-9(2)20-12-7-5-4-6-11(12)8-13(14(18)19)22-15-17-16-10(3)21-15/h4-9H,1-3H3,(H,18,19)/b13-8-. The Bertz CT molecular complexity index is 694. The monoisotopic (exact) mass is 320 g/mol. The fourth-order valence-electron chi connectivity index (χ4n) is 1.65. The zero-order chi connectivity index (χ0) is 16.1. The van der Waals surface area contributed by atoms with Crippen molar-refractivity contribution in [3.05, 3.63) is 40.6 Å². The lowest BCUT2D eigenvalue weighted by Gasteiger charge is -2.12. The minimum atomic E-state index is -1.07. The van der Waals surface area contributed by atoms with Gasteiger partial charge in [-0.1, -0.05) is 18.2 Å². The van der Waals surface area contributed by atoms with Gasteiger partial charge in [-0.25, -0.2) is 4.79 Å². The van der Waals surface area contributed by atoms with Crippen LogP contribution in [0.3, 0.4) is 0 Å². The lowest BCUT2D eigenvalue weighted by molar-refractivity contribution is -0.131. The first-order valence-corrected chi connectivity index (χ1v) is 7.46. The zero-order valence-corrected chi connectivity index (χ0v) is 13.3. The molecule has 0 aliphatic carbocycles. The number of hydrogen-bond acceptors (Lipinski definition) is 6. The van der Waals surface area contributed by atoms with E-state index in [1.165, 1.54) is 6.08 Å². The van der Waals surface area contributed by atoms with Gasteiger partial charge in [0.1, 0.15) is 10.7 Å². The molecule has 0 aliphatic rings. The molecule has 0 saturated heterocycles. The highest BCUT2D eigenvalue weighted by atomic mass is 32.2. The number of aromatic nitrogens is 2. The summed E-state index contributed by atoms with van der Waals surface area (Å²) in [6.07, 6.45) is 1.53. The minimum Gasteiger partial charge on any atom is -0.490 e. The van der Waals surface area contributed by atoms with Gasteiger partial charge in [-0.05, 0) is 37.8 Å². The zero-order valence-electron chi connectivity index (χ0n) is 12.4. The largest absolute Gasteiger partial charge is 0.490 e. The third kappa shape index (κ3) is 4.36. The number of carboxylic acids is 1. The molecular weight excluding hydrogens is 304 g/mol. The third-order valence-corrected chi connectivity index (χ3v) is 3.34. The van der Waals surface area contributed by atoms with Crippen LogP contribution in [0, 0.1) is 6.92 Å². The Morgan fingerprint density at radius 2 is 2.09 bits per heavy atom. The number of para-hydroxylation sites is 1. The van der Waals surface area contributed by atoms with Crippen LogP contribution in [-0.2, 0) is 4.79 Å². The Hall–Kier alpha value is -2.28. The first-order chi connectivity index (χ1) is 10.5. The van der Waals surface area contributed by atoms with Gasteiger partial charge in [0, 0.05) is 12.5 Å². The molecule has 6 nitrogen and oxygen atoms in total. The molecule has 1 aromatic carbocycles. The number of carbonyl (C=O) groups is 1.